The third-order valence-corrected chi connectivity index (χ3v) is 2.70. The van der Waals surface area contributed by atoms with Gasteiger partial charge in [-0.05, 0) is 12.8 Å². The van der Waals surface area contributed by atoms with Gasteiger partial charge in [0, 0.05) is 26.0 Å². The van der Waals surface area contributed by atoms with Gasteiger partial charge < -0.3 is 15.0 Å². The fourth-order valence-corrected chi connectivity index (χ4v) is 1.82. The van der Waals surface area contributed by atoms with Crippen LogP contribution in [0, 0.1) is 0 Å². The summed E-state index contributed by atoms with van der Waals surface area (Å²) in [7, 11) is 1.80. The summed E-state index contributed by atoms with van der Waals surface area (Å²) in [6.07, 6.45) is 4.63. The standard InChI is InChI=1S/C10H15N3O2/c1-13-5-4-12-10(13)9(14)8-3-2-7(6-11)15-8/h4-5,7-8H,2-3,6,11H2,1H3. The number of ketones is 1. The van der Waals surface area contributed by atoms with E-state index in [0.717, 1.165) is 12.8 Å². The topological polar surface area (TPSA) is 70.1 Å². The Kier molecular flexibility index (Phi) is 2.83. The van der Waals surface area contributed by atoms with Gasteiger partial charge in [-0.25, -0.2) is 4.98 Å². The van der Waals surface area contributed by atoms with Crippen molar-refractivity contribution in [2.45, 2.75) is 25.0 Å². The third-order valence-electron chi connectivity index (χ3n) is 2.70. The molecule has 82 valence electrons. The molecule has 15 heavy (non-hydrogen) atoms. The van der Waals surface area contributed by atoms with Gasteiger partial charge in [0.15, 0.2) is 5.82 Å². The van der Waals surface area contributed by atoms with Crippen LogP contribution in [0.25, 0.3) is 0 Å². The Labute approximate surface area is 88.2 Å². The van der Waals surface area contributed by atoms with Crippen molar-refractivity contribution in [2.24, 2.45) is 12.8 Å². The van der Waals surface area contributed by atoms with Gasteiger partial charge >= 0.3 is 0 Å². The van der Waals surface area contributed by atoms with E-state index in [0.29, 0.717) is 12.4 Å². The first-order valence-electron chi connectivity index (χ1n) is 5.09. The average Bonchev–Trinajstić information content (AvgIpc) is 2.84. The van der Waals surface area contributed by atoms with Gasteiger partial charge in [0.05, 0.1) is 6.10 Å². The summed E-state index contributed by atoms with van der Waals surface area (Å²) in [6.45, 7) is 0.477. The molecule has 1 saturated heterocycles. The highest BCUT2D eigenvalue weighted by Crippen LogP contribution is 2.21. The number of aryl methyl sites for hydroxylation is 1. The molecule has 1 aromatic heterocycles. The van der Waals surface area contributed by atoms with Crippen LogP contribution in [0.15, 0.2) is 12.4 Å². The van der Waals surface area contributed by atoms with E-state index in [1.165, 1.54) is 0 Å². The van der Waals surface area contributed by atoms with Crippen LogP contribution in [0.3, 0.4) is 0 Å². The summed E-state index contributed by atoms with van der Waals surface area (Å²) in [4.78, 5) is 16.0. The molecule has 0 saturated carbocycles. The molecule has 0 amide bonds. The second kappa shape index (κ2) is 4.12. The molecule has 0 aromatic carbocycles. The lowest BCUT2D eigenvalue weighted by Crippen LogP contribution is -2.26. The van der Waals surface area contributed by atoms with Crippen LogP contribution >= 0.6 is 0 Å². The van der Waals surface area contributed by atoms with E-state index in [1.54, 1.807) is 24.0 Å². The number of carbonyl (C=O) groups excluding carboxylic acids is 1. The lowest BCUT2D eigenvalue weighted by molar-refractivity contribution is 0.0393. The molecule has 2 heterocycles. The van der Waals surface area contributed by atoms with Crippen LogP contribution in [0.4, 0.5) is 0 Å². The van der Waals surface area contributed by atoms with Gasteiger partial charge in [-0.1, -0.05) is 0 Å². The first-order valence-corrected chi connectivity index (χ1v) is 5.09. The predicted octanol–water partition coefficient (Wildman–Crippen LogP) is 0.109. The number of imidazole rings is 1. The van der Waals surface area contributed by atoms with E-state index in [4.69, 9.17) is 10.5 Å². The summed E-state index contributed by atoms with van der Waals surface area (Å²) in [5, 5.41) is 0. The van der Waals surface area contributed by atoms with E-state index >= 15 is 0 Å². The lowest BCUT2D eigenvalue weighted by Gasteiger charge is -2.10. The van der Waals surface area contributed by atoms with Gasteiger partial charge in [0.2, 0.25) is 5.78 Å². The zero-order chi connectivity index (χ0) is 10.8. The zero-order valence-electron chi connectivity index (χ0n) is 8.72. The van der Waals surface area contributed by atoms with E-state index in [1.807, 2.05) is 0 Å². The molecule has 1 fully saturated rings. The van der Waals surface area contributed by atoms with Crippen molar-refractivity contribution >= 4 is 5.78 Å². The minimum atomic E-state index is -0.361. The van der Waals surface area contributed by atoms with Gasteiger partial charge in [-0.3, -0.25) is 4.79 Å². The van der Waals surface area contributed by atoms with Gasteiger partial charge in [0.25, 0.3) is 0 Å². The molecular formula is C10H15N3O2. The number of aromatic nitrogens is 2. The summed E-state index contributed by atoms with van der Waals surface area (Å²) >= 11 is 0. The number of nitrogens with zero attached hydrogens (tertiary/aromatic N) is 2. The molecule has 2 unspecified atom stereocenters. The first-order chi connectivity index (χ1) is 7.22. The predicted molar refractivity (Wildman–Crippen MR) is 54.5 cm³/mol. The molecule has 0 radical (unpaired) electrons. The molecule has 0 aliphatic carbocycles. The second-order valence-electron chi connectivity index (χ2n) is 3.79. The molecule has 5 nitrogen and oxygen atoms in total. The van der Waals surface area contributed by atoms with Crippen LogP contribution in [0.1, 0.15) is 23.5 Å². The average molecular weight is 209 g/mol. The quantitative estimate of drug-likeness (QED) is 0.717. The normalized spacial score (nSPS) is 25.7. The van der Waals surface area contributed by atoms with Crippen LogP contribution in [-0.2, 0) is 11.8 Å². The number of Topliss-reactive ketones (excluding diaryl/α,β-unsaturated/α-hetero) is 1. The SMILES string of the molecule is Cn1ccnc1C(=O)C1CCC(CN)O1. The van der Waals surface area contributed by atoms with Crippen LogP contribution in [0.5, 0.6) is 0 Å². The molecule has 2 N–H and O–H groups in total. The summed E-state index contributed by atoms with van der Waals surface area (Å²) in [5.41, 5.74) is 5.49. The molecule has 1 aromatic rings. The van der Waals surface area contributed by atoms with Gasteiger partial charge in [-0.2, -0.15) is 0 Å². The van der Waals surface area contributed by atoms with E-state index in [9.17, 15) is 4.79 Å². The molecule has 1 aliphatic rings. The van der Waals surface area contributed by atoms with E-state index in [2.05, 4.69) is 4.98 Å². The molecule has 0 bridgehead atoms. The highest BCUT2D eigenvalue weighted by atomic mass is 16.5. The van der Waals surface area contributed by atoms with Crippen molar-refractivity contribution in [1.82, 2.24) is 9.55 Å². The van der Waals surface area contributed by atoms with Crippen LogP contribution in [0.2, 0.25) is 0 Å². The Hall–Kier alpha value is -1.20. The lowest BCUT2D eigenvalue weighted by atomic mass is 10.1. The van der Waals surface area contributed by atoms with Crippen molar-refractivity contribution in [1.29, 1.82) is 0 Å². The molecule has 2 atom stereocenters. The molecule has 0 spiro atoms. The number of ether oxygens (including phenoxy) is 1. The van der Waals surface area contributed by atoms with Crippen LogP contribution < -0.4 is 5.73 Å². The molecule has 5 heteroatoms. The summed E-state index contributed by atoms with van der Waals surface area (Å²) < 4.78 is 7.23. The van der Waals surface area contributed by atoms with Crippen molar-refractivity contribution in [3.63, 3.8) is 0 Å². The number of rotatable bonds is 3. The monoisotopic (exact) mass is 209 g/mol. The van der Waals surface area contributed by atoms with Gasteiger partial charge in [0.1, 0.15) is 6.10 Å². The van der Waals surface area contributed by atoms with Crippen molar-refractivity contribution in [3.8, 4) is 0 Å². The number of carbonyl (C=O) groups is 1. The highest BCUT2D eigenvalue weighted by Gasteiger charge is 2.32. The third kappa shape index (κ3) is 1.93. The minimum Gasteiger partial charge on any atom is -0.365 e. The maximum Gasteiger partial charge on any atom is 0.226 e. The van der Waals surface area contributed by atoms with E-state index < -0.39 is 0 Å². The highest BCUT2D eigenvalue weighted by molar-refractivity contribution is 5.96. The second-order valence-corrected chi connectivity index (χ2v) is 3.79. The van der Waals surface area contributed by atoms with E-state index in [-0.39, 0.29) is 18.0 Å². The van der Waals surface area contributed by atoms with Crippen molar-refractivity contribution in [2.75, 3.05) is 6.54 Å². The minimum absolute atomic E-state index is 0.0271. The van der Waals surface area contributed by atoms with Crippen LogP contribution in [-0.4, -0.2) is 34.1 Å². The Morgan fingerprint density at radius 3 is 3.07 bits per heavy atom. The smallest absolute Gasteiger partial charge is 0.226 e. The summed E-state index contributed by atoms with van der Waals surface area (Å²) in [5.74, 6) is 0.413. The Morgan fingerprint density at radius 1 is 1.73 bits per heavy atom. The summed E-state index contributed by atoms with van der Waals surface area (Å²) in [6, 6.07) is 0. The Morgan fingerprint density at radius 2 is 2.53 bits per heavy atom. The number of hydrogen-bond acceptors (Lipinski definition) is 4. The fraction of sp³-hybridized carbons (Fsp3) is 0.600. The number of nitrogens with two attached hydrogens (primary N) is 1. The maximum atomic E-state index is 11.9. The zero-order valence-corrected chi connectivity index (χ0v) is 8.72. The van der Waals surface area contributed by atoms with Gasteiger partial charge in [-0.15, -0.1) is 0 Å². The largest absolute Gasteiger partial charge is 0.365 e. The maximum absolute atomic E-state index is 11.9. The molecule has 1 aliphatic heterocycles. The Bertz CT molecular complexity index is 361. The molecule has 2 rings (SSSR count). The number of hydrogen-bond donors (Lipinski definition) is 1. The first kappa shape index (κ1) is 10.3. The fourth-order valence-electron chi connectivity index (χ4n) is 1.82. The van der Waals surface area contributed by atoms with Crippen molar-refractivity contribution in [3.05, 3.63) is 18.2 Å². The molecular weight excluding hydrogens is 194 g/mol. The Balaban J connectivity index is 2.07. The van der Waals surface area contributed by atoms with Crippen molar-refractivity contribution < 1.29 is 9.53 Å².